The standard InChI is InChI=1S/C14H19BrClNO2/c1-10(2)5-7-19-8-6-17-14(18)12-9-11(15)3-4-13(12)16/h3-4,9-10H,5-8H2,1-2H3,(H,17,18). The van der Waals surface area contributed by atoms with E-state index >= 15 is 0 Å². The van der Waals surface area contributed by atoms with Gasteiger partial charge < -0.3 is 10.1 Å². The average Bonchev–Trinajstić information content (AvgIpc) is 2.36. The molecule has 0 radical (unpaired) electrons. The molecule has 0 saturated heterocycles. The molecule has 0 atom stereocenters. The van der Waals surface area contributed by atoms with Crippen LogP contribution in [0.3, 0.4) is 0 Å². The molecule has 1 aromatic carbocycles. The lowest BCUT2D eigenvalue weighted by Gasteiger charge is -2.09. The Hall–Kier alpha value is -0.580. The van der Waals surface area contributed by atoms with Crippen molar-refractivity contribution in [2.24, 2.45) is 5.92 Å². The number of nitrogens with one attached hydrogen (secondary N) is 1. The van der Waals surface area contributed by atoms with Crippen LogP contribution >= 0.6 is 27.5 Å². The number of benzene rings is 1. The van der Waals surface area contributed by atoms with Crippen molar-refractivity contribution in [2.75, 3.05) is 19.8 Å². The molecule has 3 nitrogen and oxygen atoms in total. The highest BCUT2D eigenvalue weighted by Gasteiger charge is 2.10. The number of amides is 1. The Kier molecular flexibility index (Phi) is 7.42. The van der Waals surface area contributed by atoms with Gasteiger partial charge in [-0.15, -0.1) is 0 Å². The van der Waals surface area contributed by atoms with Crippen molar-refractivity contribution in [3.05, 3.63) is 33.3 Å². The van der Waals surface area contributed by atoms with E-state index in [2.05, 4.69) is 35.1 Å². The quantitative estimate of drug-likeness (QED) is 0.759. The van der Waals surface area contributed by atoms with Crippen molar-refractivity contribution < 1.29 is 9.53 Å². The molecule has 1 rings (SSSR count). The topological polar surface area (TPSA) is 38.3 Å². The Morgan fingerprint density at radius 2 is 2.16 bits per heavy atom. The predicted molar refractivity (Wildman–Crippen MR) is 81.8 cm³/mol. The Labute approximate surface area is 127 Å². The average molecular weight is 349 g/mol. The van der Waals surface area contributed by atoms with Gasteiger partial charge >= 0.3 is 0 Å². The van der Waals surface area contributed by atoms with E-state index in [4.69, 9.17) is 16.3 Å². The molecular formula is C14H19BrClNO2. The summed E-state index contributed by atoms with van der Waals surface area (Å²) in [5.41, 5.74) is 0.471. The van der Waals surface area contributed by atoms with Crippen molar-refractivity contribution >= 4 is 33.4 Å². The van der Waals surface area contributed by atoms with Gasteiger partial charge in [0, 0.05) is 17.6 Å². The minimum atomic E-state index is -0.182. The monoisotopic (exact) mass is 347 g/mol. The molecule has 1 aromatic rings. The molecule has 0 fully saturated rings. The first-order valence-electron chi connectivity index (χ1n) is 6.31. The van der Waals surface area contributed by atoms with E-state index in [1.54, 1.807) is 18.2 Å². The van der Waals surface area contributed by atoms with Gasteiger partial charge in [0.2, 0.25) is 0 Å². The summed E-state index contributed by atoms with van der Waals surface area (Å²) < 4.78 is 6.26. The summed E-state index contributed by atoms with van der Waals surface area (Å²) in [6.07, 6.45) is 1.03. The number of carbonyl (C=O) groups excluding carboxylic acids is 1. The molecule has 0 aliphatic heterocycles. The molecular weight excluding hydrogens is 330 g/mol. The number of carbonyl (C=O) groups is 1. The molecule has 1 N–H and O–H groups in total. The number of hydrogen-bond acceptors (Lipinski definition) is 2. The second-order valence-corrected chi connectivity index (χ2v) is 6.00. The van der Waals surface area contributed by atoms with Crippen LogP contribution in [0.1, 0.15) is 30.6 Å². The smallest absolute Gasteiger partial charge is 0.252 e. The maximum Gasteiger partial charge on any atom is 0.252 e. The van der Waals surface area contributed by atoms with Crippen LogP contribution in [-0.4, -0.2) is 25.7 Å². The first-order chi connectivity index (χ1) is 9.00. The first kappa shape index (κ1) is 16.5. The molecule has 0 aliphatic carbocycles. The molecule has 0 unspecified atom stereocenters. The lowest BCUT2D eigenvalue weighted by molar-refractivity contribution is 0.0906. The van der Waals surface area contributed by atoms with Crippen LogP contribution in [0.4, 0.5) is 0 Å². The van der Waals surface area contributed by atoms with Crippen LogP contribution in [0, 0.1) is 5.92 Å². The van der Waals surface area contributed by atoms with Crippen LogP contribution in [-0.2, 0) is 4.74 Å². The lowest BCUT2D eigenvalue weighted by atomic mass is 10.1. The van der Waals surface area contributed by atoms with Crippen LogP contribution in [0.5, 0.6) is 0 Å². The zero-order valence-electron chi connectivity index (χ0n) is 11.2. The molecule has 0 heterocycles. The molecule has 0 bridgehead atoms. The maximum absolute atomic E-state index is 11.9. The predicted octanol–water partition coefficient (Wildman–Crippen LogP) is 3.90. The third-order valence-corrected chi connectivity index (χ3v) is 3.37. The van der Waals surface area contributed by atoms with E-state index in [1.165, 1.54) is 0 Å². The van der Waals surface area contributed by atoms with Gasteiger partial charge in [0.05, 0.1) is 17.2 Å². The van der Waals surface area contributed by atoms with Gasteiger partial charge in [-0.3, -0.25) is 4.79 Å². The van der Waals surface area contributed by atoms with E-state index in [-0.39, 0.29) is 5.91 Å². The Morgan fingerprint density at radius 1 is 1.42 bits per heavy atom. The molecule has 1 amide bonds. The molecule has 0 saturated carbocycles. The summed E-state index contributed by atoms with van der Waals surface area (Å²) >= 11 is 9.29. The summed E-state index contributed by atoms with van der Waals surface area (Å²) in [5.74, 6) is 0.453. The number of halogens is 2. The van der Waals surface area contributed by atoms with E-state index in [0.29, 0.717) is 29.7 Å². The summed E-state index contributed by atoms with van der Waals surface area (Å²) in [6.45, 7) is 6.04. The largest absolute Gasteiger partial charge is 0.380 e. The highest BCUT2D eigenvalue weighted by Crippen LogP contribution is 2.20. The van der Waals surface area contributed by atoms with Gasteiger partial charge in [0.1, 0.15) is 0 Å². The minimum absolute atomic E-state index is 0.182. The molecule has 19 heavy (non-hydrogen) atoms. The Morgan fingerprint density at radius 3 is 2.84 bits per heavy atom. The third kappa shape index (κ3) is 6.41. The van der Waals surface area contributed by atoms with Crippen LogP contribution in [0.25, 0.3) is 0 Å². The molecule has 0 aromatic heterocycles. The van der Waals surface area contributed by atoms with Crippen LogP contribution in [0.2, 0.25) is 5.02 Å². The zero-order valence-corrected chi connectivity index (χ0v) is 13.6. The summed E-state index contributed by atoms with van der Waals surface area (Å²) in [5, 5.41) is 3.23. The van der Waals surface area contributed by atoms with Gasteiger partial charge in [0.15, 0.2) is 0 Å². The van der Waals surface area contributed by atoms with Gasteiger partial charge in [-0.05, 0) is 30.5 Å². The highest BCUT2D eigenvalue weighted by atomic mass is 79.9. The SMILES string of the molecule is CC(C)CCOCCNC(=O)c1cc(Br)ccc1Cl. The fourth-order valence-corrected chi connectivity index (χ4v) is 1.99. The molecule has 0 aliphatic rings. The van der Waals surface area contributed by atoms with E-state index < -0.39 is 0 Å². The molecule has 5 heteroatoms. The van der Waals surface area contributed by atoms with Crippen molar-refractivity contribution in [3.63, 3.8) is 0 Å². The van der Waals surface area contributed by atoms with Gasteiger partial charge in [-0.2, -0.15) is 0 Å². The second-order valence-electron chi connectivity index (χ2n) is 4.67. The van der Waals surface area contributed by atoms with Crippen molar-refractivity contribution in [1.82, 2.24) is 5.32 Å². The number of hydrogen-bond donors (Lipinski definition) is 1. The van der Waals surface area contributed by atoms with Crippen LogP contribution in [0.15, 0.2) is 22.7 Å². The fourth-order valence-electron chi connectivity index (χ4n) is 1.42. The number of ether oxygens (including phenoxy) is 1. The fraction of sp³-hybridized carbons (Fsp3) is 0.500. The van der Waals surface area contributed by atoms with Crippen molar-refractivity contribution in [3.8, 4) is 0 Å². The molecule has 106 valence electrons. The summed E-state index contributed by atoms with van der Waals surface area (Å²) in [4.78, 5) is 11.9. The van der Waals surface area contributed by atoms with E-state index in [9.17, 15) is 4.79 Å². The van der Waals surface area contributed by atoms with Crippen LogP contribution < -0.4 is 5.32 Å². The van der Waals surface area contributed by atoms with Crippen molar-refractivity contribution in [2.45, 2.75) is 20.3 Å². The van der Waals surface area contributed by atoms with Gasteiger partial charge in [-0.25, -0.2) is 0 Å². The van der Waals surface area contributed by atoms with E-state index in [1.807, 2.05) is 0 Å². The first-order valence-corrected chi connectivity index (χ1v) is 7.48. The minimum Gasteiger partial charge on any atom is -0.380 e. The Bertz CT molecular complexity index is 424. The highest BCUT2D eigenvalue weighted by molar-refractivity contribution is 9.10. The van der Waals surface area contributed by atoms with E-state index in [0.717, 1.165) is 17.5 Å². The summed E-state index contributed by atoms with van der Waals surface area (Å²) in [6, 6.07) is 5.20. The van der Waals surface area contributed by atoms with Gasteiger partial charge in [-0.1, -0.05) is 41.4 Å². The van der Waals surface area contributed by atoms with Crippen molar-refractivity contribution in [1.29, 1.82) is 0 Å². The molecule has 0 spiro atoms. The zero-order chi connectivity index (χ0) is 14.3. The third-order valence-electron chi connectivity index (χ3n) is 2.54. The normalized spacial score (nSPS) is 10.8. The van der Waals surface area contributed by atoms with Gasteiger partial charge in [0.25, 0.3) is 5.91 Å². The maximum atomic E-state index is 11.9. The lowest BCUT2D eigenvalue weighted by Crippen LogP contribution is -2.27. The number of rotatable bonds is 7. The Balaban J connectivity index is 2.29. The second kappa shape index (κ2) is 8.56. The summed E-state index contributed by atoms with van der Waals surface area (Å²) in [7, 11) is 0.